The molecule has 2 unspecified atom stereocenters. The van der Waals surface area contributed by atoms with Gasteiger partial charge in [-0.3, -0.25) is 37.3 Å². The highest BCUT2D eigenvalue weighted by Gasteiger charge is 2.30. The van der Waals surface area contributed by atoms with Crippen molar-refractivity contribution in [2.24, 2.45) is 17.8 Å². The van der Waals surface area contributed by atoms with E-state index in [1.807, 2.05) is 0 Å². The summed E-state index contributed by atoms with van der Waals surface area (Å²) in [7, 11) is -9.93. The Balaban J connectivity index is 5.27. The third-order valence-corrected chi connectivity index (χ3v) is 21.5. The van der Waals surface area contributed by atoms with Crippen molar-refractivity contribution >= 4 is 39.5 Å². The number of rotatable bonds is 82. The minimum atomic E-state index is -4.96. The van der Waals surface area contributed by atoms with E-state index in [1.165, 1.54) is 250 Å². The van der Waals surface area contributed by atoms with Crippen molar-refractivity contribution in [3.05, 3.63) is 0 Å². The number of carbonyl (C=O) groups is 4. The Kier molecular flexibility index (Phi) is 72.8. The number of hydrogen-bond donors (Lipinski definition) is 3. The second-order valence-corrected chi connectivity index (χ2v) is 34.6. The molecular weight excluding hydrogens is 1340 g/mol. The van der Waals surface area contributed by atoms with Crippen LogP contribution in [0.25, 0.3) is 0 Å². The smallest absolute Gasteiger partial charge is 0.462 e. The quantitative estimate of drug-likeness (QED) is 0.0222. The Bertz CT molecular complexity index is 1990. The van der Waals surface area contributed by atoms with Gasteiger partial charge < -0.3 is 33.8 Å². The zero-order valence-electron chi connectivity index (χ0n) is 67.8. The van der Waals surface area contributed by atoms with Gasteiger partial charge in [-0.05, 0) is 43.4 Å². The lowest BCUT2D eigenvalue weighted by molar-refractivity contribution is -0.161. The van der Waals surface area contributed by atoms with Gasteiger partial charge in [-0.15, -0.1) is 0 Å². The van der Waals surface area contributed by atoms with Crippen LogP contribution >= 0.6 is 15.6 Å². The summed E-state index contributed by atoms with van der Waals surface area (Å²) in [6.07, 6.45) is 63.7. The van der Waals surface area contributed by atoms with Gasteiger partial charge in [-0.1, -0.05) is 389 Å². The predicted molar refractivity (Wildman–Crippen MR) is 423 cm³/mol. The van der Waals surface area contributed by atoms with Crippen LogP contribution in [0.15, 0.2) is 0 Å². The first kappa shape index (κ1) is 101. The van der Waals surface area contributed by atoms with Crippen molar-refractivity contribution in [3.8, 4) is 0 Å². The Hall–Kier alpha value is -1.94. The Labute approximate surface area is 632 Å². The minimum Gasteiger partial charge on any atom is -0.462 e. The average molecular weight is 1510 g/mol. The van der Waals surface area contributed by atoms with Gasteiger partial charge in [0.2, 0.25) is 0 Å². The molecule has 0 saturated heterocycles. The third kappa shape index (κ3) is 78.0. The second kappa shape index (κ2) is 74.2. The lowest BCUT2D eigenvalue weighted by Crippen LogP contribution is -2.30. The van der Waals surface area contributed by atoms with Gasteiger partial charge >= 0.3 is 39.5 Å². The van der Waals surface area contributed by atoms with Crippen LogP contribution in [0.5, 0.6) is 0 Å². The molecule has 19 heteroatoms. The number of hydrogen-bond acceptors (Lipinski definition) is 15. The van der Waals surface area contributed by atoms with Crippen molar-refractivity contribution in [2.75, 3.05) is 39.6 Å². The standard InChI is InChI=1S/C84H164O17P2/c1-8-9-10-11-12-13-14-15-16-17-18-26-31-38-46-53-60-67-83(88)101-80(72-95-82(87)66-59-52-45-40-33-36-43-50-57-64-77(6)7)74-99-103(92,93)97-70-78(85)69-96-102(90,91)98-73-79(100-84(89)68-61-54-47-39-32-27-22-20-24-29-35-42-49-56-63-76(4)5)71-94-81(86)65-58-51-44-37-30-25-21-19-23-28-34-41-48-55-62-75(2)3/h75-80,85H,8-74H2,1-7H3,(H,90,91)(H,92,93)/t78-,79-,80-/m1/s1. The van der Waals surface area contributed by atoms with E-state index in [-0.39, 0.29) is 25.7 Å². The topological polar surface area (TPSA) is 237 Å². The molecule has 17 nitrogen and oxygen atoms in total. The summed E-state index contributed by atoms with van der Waals surface area (Å²) < 4.78 is 68.9. The largest absolute Gasteiger partial charge is 0.472 e. The van der Waals surface area contributed by atoms with Crippen molar-refractivity contribution in [1.82, 2.24) is 0 Å². The van der Waals surface area contributed by atoms with Crippen LogP contribution in [-0.4, -0.2) is 96.7 Å². The van der Waals surface area contributed by atoms with E-state index in [2.05, 4.69) is 48.5 Å². The first-order chi connectivity index (χ1) is 49.7. The van der Waals surface area contributed by atoms with Gasteiger partial charge in [-0.25, -0.2) is 9.13 Å². The number of phosphoric acid groups is 2. The number of ether oxygens (including phenoxy) is 4. The van der Waals surface area contributed by atoms with Crippen LogP contribution in [0.2, 0.25) is 0 Å². The lowest BCUT2D eigenvalue weighted by Gasteiger charge is -2.21. The van der Waals surface area contributed by atoms with E-state index < -0.39 is 97.5 Å². The molecule has 0 amide bonds. The Morgan fingerprint density at radius 1 is 0.262 bits per heavy atom. The van der Waals surface area contributed by atoms with Crippen LogP contribution in [-0.2, 0) is 65.4 Å². The van der Waals surface area contributed by atoms with Crippen molar-refractivity contribution in [3.63, 3.8) is 0 Å². The van der Waals surface area contributed by atoms with Gasteiger partial charge in [0.25, 0.3) is 0 Å². The monoisotopic (exact) mass is 1510 g/mol. The van der Waals surface area contributed by atoms with E-state index in [1.54, 1.807) is 0 Å². The molecule has 0 fully saturated rings. The van der Waals surface area contributed by atoms with Gasteiger partial charge in [0, 0.05) is 25.7 Å². The molecular formula is C84H164O17P2. The summed E-state index contributed by atoms with van der Waals surface area (Å²) in [4.78, 5) is 73.2. The number of carbonyl (C=O) groups excluding carboxylic acids is 4. The van der Waals surface area contributed by atoms with E-state index >= 15 is 0 Å². The highest BCUT2D eigenvalue weighted by molar-refractivity contribution is 7.47. The normalized spacial score (nSPS) is 13.9. The molecule has 0 aromatic heterocycles. The van der Waals surface area contributed by atoms with Crippen LogP contribution in [0.4, 0.5) is 0 Å². The first-order valence-corrected chi connectivity index (χ1v) is 46.3. The summed E-state index contributed by atoms with van der Waals surface area (Å²) in [6, 6.07) is 0. The lowest BCUT2D eigenvalue weighted by atomic mass is 10.0. The molecule has 0 rings (SSSR count). The molecule has 5 atom stereocenters. The Morgan fingerprint density at radius 2 is 0.447 bits per heavy atom. The molecule has 103 heavy (non-hydrogen) atoms. The number of aliphatic hydroxyl groups is 1. The number of esters is 4. The Morgan fingerprint density at radius 3 is 0.660 bits per heavy atom. The van der Waals surface area contributed by atoms with Crippen LogP contribution < -0.4 is 0 Å². The van der Waals surface area contributed by atoms with E-state index in [4.69, 9.17) is 37.0 Å². The van der Waals surface area contributed by atoms with Crippen LogP contribution in [0.3, 0.4) is 0 Å². The van der Waals surface area contributed by atoms with Crippen molar-refractivity contribution < 1.29 is 80.2 Å². The summed E-state index contributed by atoms with van der Waals surface area (Å²) in [5, 5.41) is 10.7. The summed E-state index contributed by atoms with van der Waals surface area (Å²) in [5.74, 6) is 0.233. The summed E-state index contributed by atoms with van der Waals surface area (Å²) in [6.45, 7) is 12.0. The summed E-state index contributed by atoms with van der Waals surface area (Å²) in [5.41, 5.74) is 0. The number of unbranched alkanes of at least 4 members (excludes halogenated alkanes) is 50. The molecule has 0 spiro atoms. The number of aliphatic hydroxyl groups excluding tert-OH is 1. The molecule has 0 aliphatic heterocycles. The van der Waals surface area contributed by atoms with Crippen LogP contribution in [0, 0.1) is 17.8 Å². The maximum absolute atomic E-state index is 13.1. The fourth-order valence-electron chi connectivity index (χ4n) is 13.0. The van der Waals surface area contributed by atoms with Gasteiger partial charge in [0.05, 0.1) is 26.4 Å². The van der Waals surface area contributed by atoms with Crippen LogP contribution in [0.1, 0.15) is 440 Å². The maximum Gasteiger partial charge on any atom is 0.472 e. The minimum absolute atomic E-state index is 0.108. The molecule has 0 radical (unpaired) electrons. The molecule has 0 heterocycles. The van der Waals surface area contributed by atoms with Gasteiger partial charge in [-0.2, -0.15) is 0 Å². The molecule has 0 saturated carbocycles. The van der Waals surface area contributed by atoms with Crippen molar-refractivity contribution in [2.45, 2.75) is 458 Å². The maximum atomic E-state index is 13.1. The zero-order chi connectivity index (χ0) is 75.8. The van der Waals surface area contributed by atoms with E-state index in [9.17, 15) is 43.2 Å². The first-order valence-electron chi connectivity index (χ1n) is 43.3. The SMILES string of the molecule is CCCCCCCCCCCCCCCCCCCC(=O)O[C@H](COC(=O)CCCCCCCCCCCC(C)C)COP(=O)(O)OC[C@H](O)COP(=O)(O)OC[C@@H](COC(=O)CCCCCCCCCCCCCCCCC(C)C)OC(=O)CCCCCCCCCCCCCCCCC(C)C. The molecule has 3 N–H and O–H groups in total. The molecule has 0 aromatic rings. The van der Waals surface area contributed by atoms with E-state index in [0.29, 0.717) is 25.7 Å². The molecule has 0 aromatic carbocycles. The number of phosphoric ester groups is 2. The van der Waals surface area contributed by atoms with Gasteiger partial charge in [0.15, 0.2) is 12.2 Å². The molecule has 612 valence electrons. The predicted octanol–water partition coefficient (Wildman–Crippen LogP) is 25.3. The molecule has 0 aliphatic rings. The molecule has 0 aliphatic carbocycles. The zero-order valence-corrected chi connectivity index (χ0v) is 69.6. The highest BCUT2D eigenvalue weighted by Crippen LogP contribution is 2.45. The second-order valence-electron chi connectivity index (χ2n) is 31.6. The van der Waals surface area contributed by atoms with E-state index in [0.717, 1.165) is 108 Å². The third-order valence-electron chi connectivity index (χ3n) is 19.6. The summed E-state index contributed by atoms with van der Waals surface area (Å²) >= 11 is 0. The fourth-order valence-corrected chi connectivity index (χ4v) is 14.6. The van der Waals surface area contributed by atoms with Gasteiger partial charge in [0.1, 0.15) is 19.3 Å². The molecule has 0 bridgehead atoms. The average Bonchev–Trinajstić information content (AvgIpc) is 0.907. The highest BCUT2D eigenvalue weighted by atomic mass is 31.2. The fraction of sp³-hybridized carbons (Fsp3) is 0.952. The van der Waals surface area contributed by atoms with Crippen molar-refractivity contribution in [1.29, 1.82) is 0 Å².